The minimum Gasteiger partial charge on any atom is -0.147 e. The summed E-state index contributed by atoms with van der Waals surface area (Å²) < 4.78 is 12.3. The second-order valence-electron chi connectivity index (χ2n) is 23.6. The first-order valence-electron chi connectivity index (χ1n) is 28.7. The molecule has 8 aliphatic carbocycles. The molecule has 2 nitrogen and oxygen atoms in total. The molecule has 4 bridgehead atoms. The second-order valence-corrected chi connectivity index (χ2v) is 49.7. The van der Waals surface area contributed by atoms with E-state index in [0.29, 0.717) is 5.54 Å². The molecule has 0 radical (unpaired) electrons. The molecule has 8 rings (SSSR count). The van der Waals surface area contributed by atoms with Crippen LogP contribution < -0.4 is 7.60 Å². The molecule has 0 heterocycles. The van der Waals surface area contributed by atoms with Crippen molar-refractivity contribution in [3.8, 4) is 0 Å². The van der Waals surface area contributed by atoms with Crippen LogP contribution in [0.3, 0.4) is 0 Å². The number of rotatable bonds is 21. The van der Waals surface area contributed by atoms with Crippen molar-refractivity contribution in [3.05, 3.63) is 44.4 Å². The van der Waals surface area contributed by atoms with Crippen LogP contribution in [-0.4, -0.2) is 24.9 Å². The van der Waals surface area contributed by atoms with Crippen LogP contribution in [0.2, 0.25) is 30.4 Å². The third-order valence-corrected chi connectivity index (χ3v) is 42.4. The van der Waals surface area contributed by atoms with Gasteiger partial charge in [-0.3, -0.25) is 0 Å². The third kappa shape index (κ3) is 19.5. The predicted molar refractivity (Wildman–Crippen MR) is 307 cm³/mol. The molecule has 3 unspecified atom stereocenters. The normalized spacial score (nSPS) is 28.3. The van der Waals surface area contributed by atoms with Gasteiger partial charge in [0.05, 0.1) is 0 Å². The molecule has 0 aromatic carbocycles. The zero-order valence-electron chi connectivity index (χ0n) is 44.9. The van der Waals surface area contributed by atoms with Crippen LogP contribution in [0.15, 0.2) is 44.4 Å². The van der Waals surface area contributed by atoms with Crippen LogP contribution in [0.25, 0.3) is 0 Å². The molecule has 0 aromatic heterocycles. The van der Waals surface area contributed by atoms with Gasteiger partial charge in [-0.05, 0) is 0 Å². The maximum absolute atomic E-state index is 4.75. The summed E-state index contributed by atoms with van der Waals surface area (Å²) in [7, 11) is 0. The molecular formula is C57H108Cl4N2Si2Ti2. The Balaban J connectivity index is 0.000000457. The van der Waals surface area contributed by atoms with Gasteiger partial charge in [0.25, 0.3) is 0 Å². The SMILES string of the molecule is CCCCCCCCC1=C(CCCCCC)C(CC)=[C]([Ti]([NH]C23CC4CC(CC(C4)C2)C3)[SiH](C)C)C1C.C[SiH](C)[Ti]([NH]C1CCCCCCCCCCC1)[CH]1CC2=CC=CCC2C1.Cl.Cl.Cl.Cl. The first-order valence-corrected chi connectivity index (χ1v) is 43.2. The van der Waals surface area contributed by atoms with Gasteiger partial charge in [0, 0.05) is 0 Å². The van der Waals surface area contributed by atoms with E-state index in [1.165, 1.54) is 193 Å². The van der Waals surface area contributed by atoms with E-state index in [2.05, 4.69) is 79.8 Å². The smallest absolute Gasteiger partial charge is 0.147 e. The van der Waals surface area contributed by atoms with Crippen LogP contribution in [0, 0.1) is 29.6 Å². The monoisotopic (exact) mass is 1110 g/mol. The summed E-state index contributed by atoms with van der Waals surface area (Å²) >= 11 is -2.56. The number of unbranched alkanes of at least 4 members (excludes halogenated alkanes) is 8. The van der Waals surface area contributed by atoms with Gasteiger partial charge in [0.15, 0.2) is 0 Å². The fourth-order valence-electron chi connectivity index (χ4n) is 14.9. The van der Waals surface area contributed by atoms with Gasteiger partial charge in [0.1, 0.15) is 0 Å². The summed E-state index contributed by atoms with van der Waals surface area (Å²) in [4.78, 5) is 0. The van der Waals surface area contributed by atoms with Crippen molar-refractivity contribution in [2.75, 3.05) is 0 Å². The molecule has 2 N–H and O–H groups in total. The van der Waals surface area contributed by atoms with E-state index >= 15 is 0 Å². The Bertz CT molecular complexity index is 1450. The van der Waals surface area contributed by atoms with Gasteiger partial charge >= 0.3 is 411 Å². The average Bonchev–Trinajstić information content (AvgIpc) is 3.79. The summed E-state index contributed by atoms with van der Waals surface area (Å²) in [6, 6.07) is 0.869. The van der Waals surface area contributed by atoms with Crippen LogP contribution in [0.5, 0.6) is 0 Å². The summed E-state index contributed by atoms with van der Waals surface area (Å²) in [5, 5.41) is 0. The quantitative estimate of drug-likeness (QED) is 0.0884. The zero-order valence-corrected chi connectivity index (χ0v) is 53.6. The summed E-state index contributed by atoms with van der Waals surface area (Å²) in [6.45, 7) is 19.4. The topological polar surface area (TPSA) is 24.1 Å². The number of hydrogen-bond acceptors (Lipinski definition) is 2. The Morgan fingerprint density at radius 3 is 1.67 bits per heavy atom. The third-order valence-electron chi connectivity index (χ3n) is 17.8. The van der Waals surface area contributed by atoms with Gasteiger partial charge in [-0.25, -0.2) is 0 Å². The van der Waals surface area contributed by atoms with Gasteiger partial charge in [-0.2, -0.15) is 0 Å². The molecule has 8 aliphatic rings. The van der Waals surface area contributed by atoms with Crippen LogP contribution in [0.4, 0.5) is 0 Å². The number of halogens is 4. The Morgan fingerprint density at radius 2 is 1.15 bits per heavy atom. The second kappa shape index (κ2) is 34.5. The van der Waals surface area contributed by atoms with E-state index in [0.717, 1.165) is 39.9 Å². The van der Waals surface area contributed by atoms with E-state index in [9.17, 15) is 0 Å². The number of fused-ring (bicyclic) bond motifs is 1. The van der Waals surface area contributed by atoms with Gasteiger partial charge in [-0.15, -0.1) is 49.6 Å². The molecule has 67 heavy (non-hydrogen) atoms. The molecule has 0 spiro atoms. The van der Waals surface area contributed by atoms with Crippen molar-refractivity contribution >= 4 is 63.0 Å². The molecular weight excluding hydrogens is 1010 g/mol. The minimum absolute atomic E-state index is 0. The molecule has 0 amide bonds. The molecule has 10 heteroatoms. The fraction of sp³-hybridized carbons (Fsp3) is 0.860. The minimum atomic E-state index is -1.47. The Hall–Kier alpha value is 1.90. The fourth-order valence-corrected chi connectivity index (χ4v) is 39.0. The molecule has 0 aromatic rings. The molecule has 390 valence electrons. The molecule has 0 saturated heterocycles. The van der Waals surface area contributed by atoms with E-state index in [4.69, 9.17) is 3.80 Å². The Kier molecular flexibility index (Phi) is 33.4. The summed E-state index contributed by atoms with van der Waals surface area (Å²) in [5.41, 5.74) is 8.07. The van der Waals surface area contributed by atoms with Crippen LogP contribution in [0.1, 0.15) is 240 Å². The van der Waals surface area contributed by atoms with E-state index in [1.807, 2.05) is 16.7 Å². The van der Waals surface area contributed by atoms with Crippen molar-refractivity contribution in [2.45, 2.75) is 282 Å². The first kappa shape index (κ1) is 65.0. The van der Waals surface area contributed by atoms with E-state index < -0.39 is 48.1 Å². The van der Waals surface area contributed by atoms with Crippen LogP contribution >= 0.6 is 49.6 Å². The van der Waals surface area contributed by atoms with Gasteiger partial charge < -0.3 is 0 Å². The molecule has 6 fully saturated rings. The van der Waals surface area contributed by atoms with Crippen molar-refractivity contribution in [1.29, 1.82) is 0 Å². The first-order chi connectivity index (χ1) is 30.6. The molecule has 6 saturated carbocycles. The standard InChI is InChI=1S/C22H39.C12H24N.C10H16N.C9H11.2C2H7Si.4ClH.2Ti/c1-5-8-10-12-13-15-16-21-19(4)18-20(7-3)22(21)17-14-11-9-6-2;13-12-10-8-6-4-2-1-3-5-7-9-11-12;11-10-4-7-1-8(5-10)3-9(2-7)6-10;1-2-5-9-7-3-6-8(9)4-1;2*1-3-2;;;;;;/h19H,5-17H2,1-4H3;12-13H,1-11H2;7-9,11H,1-6H2;1-4,9H,5-7H2;2*3H,1-2H3;4*1H;;/q;2*-1;;;;;;;;2*+1. The van der Waals surface area contributed by atoms with Crippen molar-refractivity contribution in [3.63, 3.8) is 0 Å². The van der Waals surface area contributed by atoms with Gasteiger partial charge in [-0.1, -0.05) is 0 Å². The van der Waals surface area contributed by atoms with Crippen molar-refractivity contribution < 1.29 is 34.8 Å². The Morgan fingerprint density at radius 1 is 0.627 bits per heavy atom. The number of hydrogen-bond donors (Lipinski definition) is 2. The maximum atomic E-state index is 4.75. The van der Waals surface area contributed by atoms with Gasteiger partial charge in [0.2, 0.25) is 0 Å². The van der Waals surface area contributed by atoms with E-state index in [-0.39, 0.29) is 49.6 Å². The number of allylic oxidation sites excluding steroid dienone is 8. The van der Waals surface area contributed by atoms with E-state index in [1.54, 1.807) is 24.8 Å². The molecule has 0 aliphatic heterocycles. The van der Waals surface area contributed by atoms with Crippen LogP contribution in [-0.2, 0) is 34.8 Å². The Labute approximate surface area is 456 Å². The average molecular weight is 1120 g/mol. The largest absolute Gasteiger partial charge is 0.147 e. The predicted octanol–water partition coefficient (Wildman–Crippen LogP) is 18.9. The van der Waals surface area contributed by atoms with Crippen molar-refractivity contribution in [2.24, 2.45) is 29.6 Å². The number of nitrogens with one attached hydrogen (secondary N) is 2. The zero-order chi connectivity index (χ0) is 44.6. The summed E-state index contributed by atoms with van der Waals surface area (Å²) in [6.07, 6.45) is 55.4. The van der Waals surface area contributed by atoms with Crippen molar-refractivity contribution in [1.82, 2.24) is 7.60 Å². The maximum Gasteiger partial charge on any atom is -0.147 e. The summed E-state index contributed by atoms with van der Waals surface area (Å²) in [5.74, 6) is 4.85. The molecule has 3 atom stereocenters.